The molecule has 2 fully saturated rings. The summed E-state index contributed by atoms with van der Waals surface area (Å²) in [6, 6.07) is 17.5. The standard InChI is InChI=1S/C30H36FN5O/c1-22-28(23(2)33-21-32-22)29(37)34-19-15-30(3,16-20-34)35-17-13-25(14-18-35)36(24-9-5-4-6-10-24)27-12-8-7-11-26(27)31/h4-12,21,25H,13-20H2,1-3H3. The van der Waals surface area contributed by atoms with Crippen LogP contribution >= 0.6 is 0 Å². The van der Waals surface area contributed by atoms with Crippen molar-refractivity contribution in [1.29, 1.82) is 0 Å². The number of amides is 1. The van der Waals surface area contributed by atoms with E-state index in [-0.39, 0.29) is 23.3 Å². The second-order valence-corrected chi connectivity index (χ2v) is 10.6. The van der Waals surface area contributed by atoms with Crippen molar-refractivity contribution in [3.63, 3.8) is 0 Å². The highest BCUT2D eigenvalue weighted by Gasteiger charge is 2.40. The molecule has 2 aliphatic heterocycles. The van der Waals surface area contributed by atoms with E-state index in [2.05, 4.69) is 38.8 Å². The monoisotopic (exact) mass is 501 g/mol. The maximum atomic E-state index is 14.9. The minimum absolute atomic E-state index is 0.0414. The Kier molecular flexibility index (Phi) is 7.24. The minimum Gasteiger partial charge on any atom is -0.338 e. The van der Waals surface area contributed by atoms with Crippen LogP contribution in [-0.2, 0) is 0 Å². The molecule has 0 N–H and O–H groups in total. The smallest absolute Gasteiger partial charge is 0.257 e. The molecule has 1 aromatic heterocycles. The number of carbonyl (C=O) groups excluding carboxylic acids is 1. The molecule has 3 heterocycles. The van der Waals surface area contributed by atoms with E-state index in [1.807, 2.05) is 49.1 Å². The zero-order valence-corrected chi connectivity index (χ0v) is 22.0. The van der Waals surface area contributed by atoms with Gasteiger partial charge in [0.2, 0.25) is 0 Å². The maximum Gasteiger partial charge on any atom is 0.257 e. The second kappa shape index (κ2) is 10.6. The van der Waals surface area contributed by atoms with Gasteiger partial charge in [-0.2, -0.15) is 0 Å². The van der Waals surface area contributed by atoms with Gasteiger partial charge in [-0.25, -0.2) is 14.4 Å². The fraction of sp³-hybridized carbons (Fsp3) is 0.433. The van der Waals surface area contributed by atoms with Gasteiger partial charge in [-0.05, 0) is 70.7 Å². The van der Waals surface area contributed by atoms with Crippen LogP contribution in [0.3, 0.4) is 0 Å². The van der Waals surface area contributed by atoms with Gasteiger partial charge < -0.3 is 9.80 Å². The zero-order chi connectivity index (χ0) is 26.0. The van der Waals surface area contributed by atoms with Crippen LogP contribution in [0.15, 0.2) is 60.9 Å². The van der Waals surface area contributed by atoms with Crippen LogP contribution in [0.4, 0.5) is 15.8 Å². The Hall–Kier alpha value is -3.32. The fourth-order valence-corrected chi connectivity index (χ4v) is 6.01. The first-order chi connectivity index (χ1) is 17.9. The Balaban J connectivity index is 1.25. The highest BCUT2D eigenvalue weighted by atomic mass is 19.1. The van der Waals surface area contributed by atoms with E-state index in [4.69, 9.17) is 0 Å². The lowest BCUT2D eigenvalue weighted by Crippen LogP contribution is -2.58. The lowest BCUT2D eigenvalue weighted by molar-refractivity contribution is 0.0176. The number of rotatable bonds is 5. The lowest BCUT2D eigenvalue weighted by Gasteiger charge is -2.50. The Morgan fingerprint density at radius 1 is 0.919 bits per heavy atom. The SMILES string of the molecule is Cc1ncnc(C)c1C(=O)N1CCC(C)(N2CCC(N(c3ccccc3)c3ccccc3F)CC2)CC1. The number of aryl methyl sites for hydroxylation is 2. The second-order valence-electron chi connectivity index (χ2n) is 10.6. The van der Waals surface area contributed by atoms with Crippen LogP contribution < -0.4 is 4.90 Å². The maximum absolute atomic E-state index is 14.9. The van der Waals surface area contributed by atoms with E-state index in [0.29, 0.717) is 11.3 Å². The van der Waals surface area contributed by atoms with E-state index in [0.717, 1.165) is 68.9 Å². The predicted octanol–water partition coefficient (Wildman–Crippen LogP) is 5.53. The summed E-state index contributed by atoms with van der Waals surface area (Å²) in [5.74, 6) is -0.146. The number of carbonyl (C=O) groups is 1. The summed E-state index contributed by atoms with van der Waals surface area (Å²) in [7, 11) is 0. The van der Waals surface area contributed by atoms with Crippen LogP contribution in [0.2, 0.25) is 0 Å². The lowest BCUT2D eigenvalue weighted by atomic mass is 9.85. The van der Waals surface area contributed by atoms with Crippen molar-refractivity contribution < 1.29 is 9.18 Å². The average Bonchev–Trinajstić information content (AvgIpc) is 2.91. The summed E-state index contributed by atoms with van der Waals surface area (Å²) >= 11 is 0. The first-order valence-corrected chi connectivity index (χ1v) is 13.3. The molecule has 2 aromatic carbocycles. The fourth-order valence-electron chi connectivity index (χ4n) is 6.01. The van der Waals surface area contributed by atoms with Crippen molar-refractivity contribution in [2.75, 3.05) is 31.1 Å². The summed E-state index contributed by atoms with van der Waals surface area (Å²) < 4.78 is 14.9. The third-order valence-electron chi connectivity index (χ3n) is 8.31. The first kappa shape index (κ1) is 25.3. The molecule has 0 aliphatic carbocycles. The molecule has 0 spiro atoms. The first-order valence-electron chi connectivity index (χ1n) is 13.3. The van der Waals surface area contributed by atoms with Crippen LogP contribution in [-0.4, -0.2) is 63.4 Å². The molecule has 0 unspecified atom stereocenters. The third-order valence-corrected chi connectivity index (χ3v) is 8.31. The molecule has 1 amide bonds. The quantitative estimate of drug-likeness (QED) is 0.460. The predicted molar refractivity (Wildman–Crippen MR) is 145 cm³/mol. The molecule has 6 nitrogen and oxygen atoms in total. The molecule has 194 valence electrons. The summed E-state index contributed by atoms with van der Waals surface area (Å²) in [6.07, 6.45) is 5.31. The van der Waals surface area contributed by atoms with Crippen LogP contribution in [0.5, 0.6) is 0 Å². The number of likely N-dealkylation sites (tertiary alicyclic amines) is 2. The molecule has 3 aromatic rings. The molecule has 5 rings (SSSR count). The molecule has 0 saturated carbocycles. The Labute approximate surface area is 219 Å². The van der Waals surface area contributed by atoms with E-state index >= 15 is 0 Å². The Morgan fingerprint density at radius 2 is 1.51 bits per heavy atom. The van der Waals surface area contributed by atoms with Gasteiger partial charge in [0.15, 0.2) is 0 Å². The number of hydrogen-bond donors (Lipinski definition) is 0. The third kappa shape index (κ3) is 5.10. The summed E-state index contributed by atoms with van der Waals surface area (Å²) in [5, 5.41) is 0. The van der Waals surface area contributed by atoms with Crippen LogP contribution in [0.1, 0.15) is 54.4 Å². The van der Waals surface area contributed by atoms with Crippen molar-refractivity contribution in [2.45, 2.75) is 58.0 Å². The van der Waals surface area contributed by atoms with Gasteiger partial charge in [0, 0.05) is 43.4 Å². The van der Waals surface area contributed by atoms with Gasteiger partial charge in [-0.1, -0.05) is 30.3 Å². The highest BCUT2D eigenvalue weighted by Crippen LogP contribution is 2.37. The van der Waals surface area contributed by atoms with Crippen LogP contribution in [0, 0.1) is 19.7 Å². The van der Waals surface area contributed by atoms with Crippen LogP contribution in [0.25, 0.3) is 0 Å². The molecular formula is C30H36FN5O. The molecule has 7 heteroatoms. The zero-order valence-electron chi connectivity index (χ0n) is 22.0. The molecule has 0 bridgehead atoms. The van der Waals surface area contributed by atoms with E-state index < -0.39 is 0 Å². The van der Waals surface area contributed by atoms with Crippen molar-refractivity contribution in [1.82, 2.24) is 19.8 Å². The van der Waals surface area contributed by atoms with Gasteiger partial charge >= 0.3 is 0 Å². The number of aromatic nitrogens is 2. The Bertz CT molecular complexity index is 1210. The molecule has 37 heavy (non-hydrogen) atoms. The van der Waals surface area contributed by atoms with Crippen molar-refractivity contribution in [3.05, 3.63) is 83.7 Å². The summed E-state index contributed by atoms with van der Waals surface area (Å²) in [6.45, 7) is 9.46. The summed E-state index contributed by atoms with van der Waals surface area (Å²) in [4.78, 5) is 28.4. The minimum atomic E-state index is -0.188. The number of halogens is 1. The molecule has 2 saturated heterocycles. The topological polar surface area (TPSA) is 52.6 Å². The van der Waals surface area contributed by atoms with Gasteiger partial charge in [0.1, 0.15) is 12.1 Å². The largest absolute Gasteiger partial charge is 0.338 e. The van der Waals surface area contributed by atoms with Gasteiger partial charge in [-0.15, -0.1) is 0 Å². The van der Waals surface area contributed by atoms with E-state index in [1.165, 1.54) is 6.33 Å². The number of anilines is 2. The van der Waals surface area contributed by atoms with Gasteiger partial charge in [-0.3, -0.25) is 9.69 Å². The van der Waals surface area contributed by atoms with Gasteiger partial charge in [0.05, 0.1) is 22.6 Å². The number of piperidine rings is 2. The van der Waals surface area contributed by atoms with Crippen molar-refractivity contribution in [2.24, 2.45) is 0 Å². The molecule has 0 atom stereocenters. The molecule has 0 radical (unpaired) electrons. The van der Waals surface area contributed by atoms with E-state index in [1.54, 1.807) is 12.1 Å². The number of benzene rings is 2. The normalized spacial score (nSPS) is 18.5. The van der Waals surface area contributed by atoms with E-state index in [9.17, 15) is 9.18 Å². The number of hydrogen-bond acceptors (Lipinski definition) is 5. The van der Waals surface area contributed by atoms with Crippen molar-refractivity contribution >= 4 is 17.3 Å². The average molecular weight is 502 g/mol. The van der Waals surface area contributed by atoms with Gasteiger partial charge in [0.25, 0.3) is 5.91 Å². The number of nitrogens with zero attached hydrogens (tertiary/aromatic N) is 5. The highest BCUT2D eigenvalue weighted by molar-refractivity contribution is 5.96. The number of para-hydroxylation sites is 2. The summed E-state index contributed by atoms with van der Waals surface area (Å²) in [5.41, 5.74) is 3.84. The van der Waals surface area contributed by atoms with Crippen molar-refractivity contribution in [3.8, 4) is 0 Å². The molecular weight excluding hydrogens is 465 g/mol. The molecule has 2 aliphatic rings. The Morgan fingerprint density at radius 3 is 2.14 bits per heavy atom.